The maximum atomic E-state index is 11.9. The lowest BCUT2D eigenvalue weighted by Gasteiger charge is -2.17. The van der Waals surface area contributed by atoms with E-state index in [0.717, 1.165) is 0 Å². The molecule has 0 aliphatic heterocycles. The van der Waals surface area contributed by atoms with Gasteiger partial charge >= 0.3 is 5.97 Å². The molecule has 128 valence electrons. The molecule has 0 aromatic heterocycles. The Morgan fingerprint density at radius 2 is 2.04 bits per heavy atom. The molecule has 3 N–H and O–H groups in total. The van der Waals surface area contributed by atoms with Crippen LogP contribution in [0.15, 0.2) is 18.2 Å². The molecule has 0 aliphatic carbocycles. The van der Waals surface area contributed by atoms with E-state index in [1.165, 1.54) is 0 Å². The van der Waals surface area contributed by atoms with Crippen LogP contribution >= 0.6 is 11.6 Å². The first-order chi connectivity index (χ1) is 10.8. The van der Waals surface area contributed by atoms with E-state index in [9.17, 15) is 9.59 Å². The van der Waals surface area contributed by atoms with Crippen molar-refractivity contribution in [2.75, 3.05) is 19.0 Å². The zero-order valence-corrected chi connectivity index (χ0v) is 14.3. The second-order valence-corrected chi connectivity index (χ2v) is 6.05. The Hall–Kier alpha value is -1.95. The highest BCUT2D eigenvalue weighted by Crippen LogP contribution is 2.27. The number of halogens is 1. The Labute approximate surface area is 141 Å². The number of ether oxygens (including phenoxy) is 1. The van der Waals surface area contributed by atoms with Gasteiger partial charge in [0.1, 0.15) is 11.8 Å². The molecule has 0 heterocycles. The highest BCUT2D eigenvalue weighted by Gasteiger charge is 2.20. The van der Waals surface area contributed by atoms with Gasteiger partial charge < -0.3 is 20.5 Å². The molecule has 1 aromatic rings. The molecule has 0 fully saturated rings. The van der Waals surface area contributed by atoms with E-state index in [1.54, 1.807) is 25.3 Å². The number of rotatable bonds is 9. The maximum absolute atomic E-state index is 11.9. The van der Waals surface area contributed by atoms with Crippen molar-refractivity contribution in [2.45, 2.75) is 32.7 Å². The van der Waals surface area contributed by atoms with Crippen LogP contribution in [-0.2, 0) is 9.59 Å². The first-order valence-electron chi connectivity index (χ1n) is 7.43. The number of carbonyl (C=O) groups is 2. The second-order valence-electron chi connectivity index (χ2n) is 5.61. The van der Waals surface area contributed by atoms with Crippen molar-refractivity contribution in [1.29, 1.82) is 0 Å². The van der Waals surface area contributed by atoms with Gasteiger partial charge in [0.2, 0.25) is 5.91 Å². The normalized spacial score (nSPS) is 11.9. The first kappa shape index (κ1) is 19.1. The largest absolute Gasteiger partial charge is 0.495 e. The molecule has 0 saturated carbocycles. The lowest BCUT2D eigenvalue weighted by molar-refractivity contribution is -0.142. The predicted octanol–water partition coefficient (Wildman–Crippen LogP) is 2.77. The fourth-order valence-electron chi connectivity index (χ4n) is 2.09. The fraction of sp³-hybridized carbons (Fsp3) is 0.500. The van der Waals surface area contributed by atoms with Crippen LogP contribution < -0.4 is 15.4 Å². The van der Waals surface area contributed by atoms with E-state index >= 15 is 0 Å². The number of carboxylic acids is 1. The zero-order chi connectivity index (χ0) is 17.4. The molecular weight excluding hydrogens is 320 g/mol. The zero-order valence-electron chi connectivity index (χ0n) is 13.6. The van der Waals surface area contributed by atoms with Gasteiger partial charge in [-0.05, 0) is 30.5 Å². The Morgan fingerprint density at radius 1 is 1.35 bits per heavy atom. The van der Waals surface area contributed by atoms with E-state index < -0.39 is 12.0 Å². The van der Waals surface area contributed by atoms with Gasteiger partial charge in [0.15, 0.2) is 0 Å². The smallest absolute Gasteiger partial charge is 0.326 e. The Morgan fingerprint density at radius 3 is 2.61 bits per heavy atom. The molecule has 23 heavy (non-hydrogen) atoms. The average Bonchev–Trinajstić information content (AvgIpc) is 2.46. The van der Waals surface area contributed by atoms with E-state index in [2.05, 4.69) is 10.6 Å². The molecule has 7 heteroatoms. The summed E-state index contributed by atoms with van der Waals surface area (Å²) in [4.78, 5) is 23.0. The number of carboxylic acid groups (broad SMARTS) is 1. The Bertz CT molecular complexity index is 549. The van der Waals surface area contributed by atoms with Crippen LogP contribution in [-0.4, -0.2) is 36.7 Å². The van der Waals surface area contributed by atoms with Gasteiger partial charge in [-0.25, -0.2) is 4.79 Å². The number of benzene rings is 1. The molecule has 0 bridgehead atoms. The number of amides is 1. The number of carbonyl (C=O) groups excluding carboxylic acids is 1. The van der Waals surface area contributed by atoms with E-state index in [0.29, 0.717) is 29.4 Å². The number of hydrogen-bond donors (Lipinski definition) is 3. The lowest BCUT2D eigenvalue weighted by Crippen LogP contribution is -2.42. The van der Waals surface area contributed by atoms with Crippen LogP contribution in [0.3, 0.4) is 0 Å². The van der Waals surface area contributed by atoms with Gasteiger partial charge in [-0.2, -0.15) is 0 Å². The Balaban J connectivity index is 2.50. The number of methoxy groups -OCH3 is 1. The van der Waals surface area contributed by atoms with E-state index in [4.69, 9.17) is 21.4 Å². The van der Waals surface area contributed by atoms with Crippen LogP contribution in [0.4, 0.5) is 5.69 Å². The molecule has 0 saturated heterocycles. The van der Waals surface area contributed by atoms with E-state index in [-0.39, 0.29) is 18.2 Å². The van der Waals surface area contributed by atoms with Crippen LogP contribution in [0, 0.1) is 5.92 Å². The van der Waals surface area contributed by atoms with Crippen molar-refractivity contribution >= 4 is 29.2 Å². The minimum absolute atomic E-state index is 0.150. The molecule has 0 aliphatic rings. The topological polar surface area (TPSA) is 87.7 Å². The summed E-state index contributed by atoms with van der Waals surface area (Å²) in [5, 5.41) is 15.3. The maximum Gasteiger partial charge on any atom is 0.326 e. The number of nitrogens with one attached hydrogen (secondary N) is 2. The monoisotopic (exact) mass is 342 g/mol. The van der Waals surface area contributed by atoms with Gasteiger partial charge in [0.05, 0.1) is 12.8 Å². The van der Waals surface area contributed by atoms with Crippen molar-refractivity contribution < 1.29 is 19.4 Å². The minimum atomic E-state index is -1.02. The SMILES string of the molecule is COc1ccc(Cl)cc1NCCC(=O)NC(CC(C)C)C(=O)O. The summed E-state index contributed by atoms with van der Waals surface area (Å²) in [5.41, 5.74) is 0.685. The van der Waals surface area contributed by atoms with Crippen molar-refractivity contribution in [2.24, 2.45) is 5.92 Å². The molecule has 1 aromatic carbocycles. The fourth-order valence-corrected chi connectivity index (χ4v) is 2.26. The molecular formula is C16H23ClN2O4. The summed E-state index contributed by atoms with van der Waals surface area (Å²) >= 11 is 5.93. The summed E-state index contributed by atoms with van der Waals surface area (Å²) in [6.45, 7) is 4.17. The Kier molecular flexibility index (Phi) is 7.68. The molecule has 1 rings (SSSR count). The summed E-state index contributed by atoms with van der Waals surface area (Å²) in [6, 6.07) is 4.29. The number of aliphatic carboxylic acids is 1. The van der Waals surface area contributed by atoms with Gasteiger partial charge in [-0.15, -0.1) is 0 Å². The quantitative estimate of drug-likeness (QED) is 0.642. The average molecular weight is 343 g/mol. The summed E-state index contributed by atoms with van der Waals surface area (Å²) < 4.78 is 5.20. The number of hydrogen-bond acceptors (Lipinski definition) is 4. The third-order valence-electron chi connectivity index (χ3n) is 3.17. The molecule has 1 amide bonds. The molecule has 1 unspecified atom stereocenters. The van der Waals surface area contributed by atoms with Crippen molar-refractivity contribution in [3.8, 4) is 5.75 Å². The van der Waals surface area contributed by atoms with E-state index in [1.807, 2.05) is 13.8 Å². The van der Waals surface area contributed by atoms with Crippen molar-refractivity contribution in [3.05, 3.63) is 23.2 Å². The lowest BCUT2D eigenvalue weighted by atomic mass is 10.0. The van der Waals surface area contributed by atoms with Gasteiger partial charge in [-0.1, -0.05) is 25.4 Å². The van der Waals surface area contributed by atoms with Gasteiger partial charge in [-0.3, -0.25) is 4.79 Å². The van der Waals surface area contributed by atoms with Crippen molar-refractivity contribution in [3.63, 3.8) is 0 Å². The third-order valence-corrected chi connectivity index (χ3v) is 3.40. The molecule has 6 nitrogen and oxygen atoms in total. The van der Waals surface area contributed by atoms with Crippen LogP contribution in [0.25, 0.3) is 0 Å². The third kappa shape index (κ3) is 6.78. The van der Waals surface area contributed by atoms with Gasteiger partial charge in [0.25, 0.3) is 0 Å². The molecule has 1 atom stereocenters. The summed E-state index contributed by atoms with van der Waals surface area (Å²) in [5.74, 6) is -0.522. The standard InChI is InChI=1S/C16H23ClN2O4/c1-10(2)8-13(16(21)22)19-15(20)6-7-18-12-9-11(17)4-5-14(12)23-3/h4-5,9-10,13,18H,6-8H2,1-3H3,(H,19,20)(H,21,22). The first-order valence-corrected chi connectivity index (χ1v) is 7.80. The molecule has 0 radical (unpaired) electrons. The molecule has 0 spiro atoms. The highest BCUT2D eigenvalue weighted by atomic mass is 35.5. The van der Waals surface area contributed by atoms with Crippen molar-refractivity contribution in [1.82, 2.24) is 5.32 Å². The number of anilines is 1. The minimum Gasteiger partial charge on any atom is -0.495 e. The predicted molar refractivity (Wildman–Crippen MR) is 90.1 cm³/mol. The summed E-state index contributed by atoms with van der Waals surface area (Å²) in [6.07, 6.45) is 0.550. The highest BCUT2D eigenvalue weighted by molar-refractivity contribution is 6.30. The van der Waals surface area contributed by atoms with Crippen LogP contribution in [0.5, 0.6) is 5.75 Å². The van der Waals surface area contributed by atoms with Gasteiger partial charge in [0, 0.05) is 18.0 Å². The second kappa shape index (κ2) is 9.25. The summed E-state index contributed by atoms with van der Waals surface area (Å²) in [7, 11) is 1.55. The van der Waals surface area contributed by atoms with Crippen LogP contribution in [0.1, 0.15) is 26.7 Å². The van der Waals surface area contributed by atoms with Crippen LogP contribution in [0.2, 0.25) is 5.02 Å².